The van der Waals surface area contributed by atoms with Gasteiger partial charge in [0.15, 0.2) is 5.84 Å². The van der Waals surface area contributed by atoms with Gasteiger partial charge in [0.05, 0.1) is 5.69 Å². The minimum absolute atomic E-state index is 0.597. The smallest absolute Gasteiger partial charge is 0.154 e. The zero-order valence-corrected chi connectivity index (χ0v) is 19.8. The van der Waals surface area contributed by atoms with Crippen LogP contribution in [0.5, 0.6) is 23.0 Å². The van der Waals surface area contributed by atoms with Gasteiger partial charge in [-0.1, -0.05) is 54.6 Å². The highest BCUT2D eigenvalue weighted by atomic mass is 16.5. The summed E-state index contributed by atoms with van der Waals surface area (Å²) in [5.74, 6) is 3.74. The zero-order chi connectivity index (χ0) is 24.6. The Hall–Kier alpha value is -5.10. The van der Waals surface area contributed by atoms with E-state index in [0.29, 0.717) is 6.67 Å². The number of nitrogens with zero attached hydrogens (tertiary/aromatic N) is 2. The number of hydrogen-bond donors (Lipinski definition) is 2. The third-order valence-electron chi connectivity index (χ3n) is 6.52. The van der Waals surface area contributed by atoms with E-state index in [0.717, 1.165) is 67.9 Å². The molecule has 7 rings (SSSR count). The van der Waals surface area contributed by atoms with Crippen LogP contribution in [0.3, 0.4) is 0 Å². The maximum Gasteiger partial charge on any atom is 0.154 e. The average molecular weight is 483 g/mol. The summed E-state index contributed by atoms with van der Waals surface area (Å²) in [7, 11) is 0. The lowest BCUT2D eigenvalue weighted by molar-refractivity contribution is 0.472. The number of amidine groups is 1. The molecule has 0 bridgehead atoms. The summed E-state index contributed by atoms with van der Waals surface area (Å²) < 4.78 is 13.4. The van der Waals surface area contributed by atoms with Crippen molar-refractivity contribution >= 4 is 5.84 Å². The van der Waals surface area contributed by atoms with Crippen molar-refractivity contribution in [2.75, 3.05) is 6.67 Å². The molecule has 178 valence electrons. The van der Waals surface area contributed by atoms with Crippen LogP contribution >= 0.6 is 0 Å². The Morgan fingerprint density at radius 1 is 0.568 bits per heavy atom. The lowest BCUT2D eigenvalue weighted by Crippen LogP contribution is -2.21. The third kappa shape index (κ3) is 3.85. The van der Waals surface area contributed by atoms with Crippen LogP contribution in [-0.2, 0) is 0 Å². The fraction of sp³-hybridized carbons (Fsp3) is 0.0323. The van der Waals surface area contributed by atoms with E-state index in [2.05, 4.69) is 51.2 Å². The van der Waals surface area contributed by atoms with Gasteiger partial charge in [-0.2, -0.15) is 5.10 Å². The Kier molecular flexibility index (Phi) is 5.07. The van der Waals surface area contributed by atoms with Crippen molar-refractivity contribution in [2.24, 2.45) is 5.10 Å². The summed E-state index contributed by atoms with van der Waals surface area (Å²) in [5, 5.41) is 7.62. The molecule has 1 aromatic heterocycles. The van der Waals surface area contributed by atoms with E-state index in [-0.39, 0.29) is 0 Å². The van der Waals surface area contributed by atoms with Crippen LogP contribution in [0.2, 0.25) is 0 Å². The highest BCUT2D eigenvalue weighted by molar-refractivity contribution is 6.00. The van der Waals surface area contributed by atoms with Gasteiger partial charge in [0, 0.05) is 39.6 Å². The first-order chi connectivity index (χ1) is 18.3. The first-order valence-corrected chi connectivity index (χ1v) is 12.1. The Morgan fingerprint density at radius 2 is 1.16 bits per heavy atom. The standard InChI is InChI=1S/C31H22N4O2/c1-3-10-27-22(7-1)23-8-2-4-11-28(23)37-30-18-21(31-33-19-34-35-31)13-15-25(30)24-14-12-20(17-29(24)36-27)26-9-5-6-16-32-26/h1-18,34H,19H2,(H,33,35). The van der Waals surface area contributed by atoms with Crippen molar-refractivity contribution in [3.63, 3.8) is 0 Å². The normalized spacial score (nSPS) is 13.2. The summed E-state index contributed by atoms with van der Waals surface area (Å²) in [6.45, 7) is 0.597. The fourth-order valence-electron chi connectivity index (χ4n) is 4.74. The van der Waals surface area contributed by atoms with Crippen LogP contribution in [0.4, 0.5) is 0 Å². The van der Waals surface area contributed by atoms with Gasteiger partial charge in [0.25, 0.3) is 0 Å². The van der Waals surface area contributed by atoms with Crippen LogP contribution < -0.4 is 20.2 Å². The number of aromatic nitrogens is 1. The number of fused-ring (bicyclic) bond motifs is 6. The largest absolute Gasteiger partial charge is 0.456 e. The molecule has 0 atom stereocenters. The van der Waals surface area contributed by atoms with Gasteiger partial charge in [0.1, 0.15) is 29.7 Å². The summed E-state index contributed by atoms with van der Waals surface area (Å²) in [5.41, 5.74) is 9.52. The summed E-state index contributed by atoms with van der Waals surface area (Å²) in [6.07, 6.45) is 1.80. The highest BCUT2D eigenvalue weighted by Gasteiger charge is 2.22. The number of nitrogens with one attached hydrogen (secondary N) is 2. The molecule has 2 N–H and O–H groups in total. The Bertz CT molecular complexity index is 1660. The van der Waals surface area contributed by atoms with Gasteiger partial charge in [-0.05, 0) is 48.5 Å². The van der Waals surface area contributed by atoms with Crippen molar-refractivity contribution in [2.45, 2.75) is 0 Å². The fourth-order valence-corrected chi connectivity index (χ4v) is 4.74. The number of hydrazone groups is 1. The molecule has 2 aliphatic rings. The molecule has 2 aliphatic heterocycles. The summed E-state index contributed by atoms with van der Waals surface area (Å²) >= 11 is 0. The molecule has 0 spiro atoms. The number of para-hydroxylation sites is 2. The predicted octanol–water partition coefficient (Wildman–Crippen LogP) is 6.79. The number of hydrogen-bond acceptors (Lipinski definition) is 6. The third-order valence-corrected chi connectivity index (χ3v) is 6.52. The highest BCUT2D eigenvalue weighted by Crippen LogP contribution is 2.47. The molecule has 0 radical (unpaired) electrons. The summed E-state index contributed by atoms with van der Waals surface area (Å²) in [4.78, 5) is 4.54. The van der Waals surface area contributed by atoms with Gasteiger partial charge in [-0.15, -0.1) is 0 Å². The molecule has 6 nitrogen and oxygen atoms in total. The zero-order valence-electron chi connectivity index (χ0n) is 19.8. The van der Waals surface area contributed by atoms with Crippen molar-refractivity contribution in [3.05, 3.63) is 115 Å². The van der Waals surface area contributed by atoms with Crippen molar-refractivity contribution in [1.29, 1.82) is 0 Å². The molecule has 37 heavy (non-hydrogen) atoms. The Labute approximate surface area is 214 Å². The molecular weight excluding hydrogens is 460 g/mol. The van der Waals surface area contributed by atoms with E-state index < -0.39 is 0 Å². The van der Waals surface area contributed by atoms with E-state index in [4.69, 9.17) is 9.47 Å². The lowest BCUT2D eigenvalue weighted by atomic mass is 9.97. The number of benzene rings is 4. The first-order valence-electron chi connectivity index (χ1n) is 12.1. The molecule has 0 saturated heterocycles. The second-order valence-corrected chi connectivity index (χ2v) is 8.81. The van der Waals surface area contributed by atoms with Crippen molar-refractivity contribution < 1.29 is 9.47 Å². The topological polar surface area (TPSA) is 67.8 Å². The lowest BCUT2D eigenvalue weighted by Gasteiger charge is -2.22. The first kappa shape index (κ1) is 21.2. The number of rotatable bonds is 2. The van der Waals surface area contributed by atoms with Gasteiger partial charge < -0.3 is 14.8 Å². The van der Waals surface area contributed by atoms with E-state index in [1.165, 1.54) is 0 Å². The van der Waals surface area contributed by atoms with E-state index in [1.54, 1.807) is 6.20 Å². The summed E-state index contributed by atoms with van der Waals surface area (Å²) in [6, 6.07) is 34.3. The second-order valence-electron chi connectivity index (χ2n) is 8.81. The van der Waals surface area contributed by atoms with Crippen molar-refractivity contribution in [1.82, 2.24) is 15.7 Å². The Morgan fingerprint density at radius 3 is 1.78 bits per heavy atom. The van der Waals surface area contributed by atoms with Crippen LogP contribution in [-0.4, -0.2) is 17.5 Å². The Balaban J connectivity index is 1.48. The van der Waals surface area contributed by atoms with E-state index in [1.807, 2.05) is 72.8 Å². The van der Waals surface area contributed by atoms with Crippen molar-refractivity contribution in [3.8, 4) is 56.5 Å². The maximum atomic E-state index is 6.69. The maximum absolute atomic E-state index is 6.69. The minimum atomic E-state index is 0.597. The molecular formula is C31H22N4O2. The van der Waals surface area contributed by atoms with E-state index >= 15 is 0 Å². The second kappa shape index (κ2) is 8.84. The van der Waals surface area contributed by atoms with Crippen LogP contribution in [0, 0.1) is 0 Å². The molecule has 3 heterocycles. The van der Waals surface area contributed by atoms with Crippen LogP contribution in [0.1, 0.15) is 5.56 Å². The van der Waals surface area contributed by atoms with Crippen LogP contribution in [0.15, 0.2) is 114 Å². The van der Waals surface area contributed by atoms with Gasteiger partial charge in [-0.25, -0.2) is 0 Å². The van der Waals surface area contributed by atoms with Gasteiger partial charge in [0.2, 0.25) is 0 Å². The molecule has 0 fully saturated rings. The molecule has 0 unspecified atom stereocenters. The quantitative estimate of drug-likeness (QED) is 0.284. The predicted molar refractivity (Wildman–Crippen MR) is 145 cm³/mol. The number of pyridine rings is 1. The molecule has 0 saturated carbocycles. The van der Waals surface area contributed by atoms with Gasteiger partial charge in [-0.3, -0.25) is 10.4 Å². The monoisotopic (exact) mass is 482 g/mol. The molecule has 6 heteroatoms. The molecule has 0 amide bonds. The SMILES string of the molecule is c1ccc(-c2ccc3c(c2)Oc2ccccc2-c2ccccc2Oc2cc(C4=NNCN4)ccc2-3)nc1. The average Bonchev–Trinajstić information content (AvgIpc) is 3.50. The molecule has 0 aliphatic carbocycles. The molecule has 4 aromatic carbocycles. The molecule has 5 aromatic rings. The van der Waals surface area contributed by atoms with E-state index in [9.17, 15) is 0 Å². The van der Waals surface area contributed by atoms with Gasteiger partial charge >= 0.3 is 0 Å². The van der Waals surface area contributed by atoms with Crippen LogP contribution in [0.25, 0.3) is 33.5 Å². The minimum Gasteiger partial charge on any atom is -0.456 e. The number of ether oxygens (including phenoxy) is 2.